The molecule has 0 amide bonds. The highest BCUT2D eigenvalue weighted by molar-refractivity contribution is 6.45. The fraction of sp³-hybridized carbons (Fsp3) is 0.125. The van der Waals surface area contributed by atoms with E-state index >= 15 is 0 Å². The molecule has 2 aromatic rings. The van der Waals surface area contributed by atoms with Crippen LogP contribution in [0.2, 0.25) is 10.0 Å². The fourth-order valence-corrected chi connectivity index (χ4v) is 2.89. The van der Waals surface area contributed by atoms with Crippen molar-refractivity contribution in [3.63, 3.8) is 0 Å². The average Bonchev–Trinajstić information content (AvgIpc) is 2.95. The Morgan fingerprint density at radius 3 is 2.39 bits per heavy atom. The summed E-state index contributed by atoms with van der Waals surface area (Å²) in [5, 5.41) is 18.4. The second-order valence-corrected chi connectivity index (χ2v) is 5.82. The number of ether oxygens (including phenoxy) is 1. The molecule has 2 N–H and O–H groups in total. The van der Waals surface area contributed by atoms with Gasteiger partial charge >= 0.3 is 5.97 Å². The first-order valence-electron chi connectivity index (χ1n) is 6.62. The molecule has 118 valence electrons. The predicted molar refractivity (Wildman–Crippen MR) is 83.8 cm³/mol. The second kappa shape index (κ2) is 5.76. The molecule has 0 radical (unpaired) electrons. The fourth-order valence-electron chi connectivity index (χ4n) is 2.40. The summed E-state index contributed by atoms with van der Waals surface area (Å²) in [6.07, 6.45) is -0.935. The molecule has 5 nitrogen and oxygen atoms in total. The molecule has 2 aromatic carbocycles. The number of ketones is 1. The molecule has 23 heavy (non-hydrogen) atoms. The Labute approximate surface area is 141 Å². The normalized spacial score (nSPS) is 15.8. The topological polar surface area (TPSA) is 83.8 Å². The summed E-state index contributed by atoms with van der Waals surface area (Å²) in [5.41, 5.74) is 1.01. The number of halogens is 2. The van der Waals surface area contributed by atoms with Gasteiger partial charge in [0.25, 0.3) is 0 Å². The van der Waals surface area contributed by atoms with Crippen molar-refractivity contribution in [1.82, 2.24) is 0 Å². The van der Waals surface area contributed by atoms with Crippen LogP contribution in [0, 0.1) is 0 Å². The Morgan fingerprint density at radius 2 is 1.78 bits per heavy atom. The Balaban J connectivity index is 2.04. The number of hydrogen-bond acceptors (Lipinski definition) is 4. The number of carbonyl (C=O) groups excluding carboxylic acids is 1. The average molecular weight is 353 g/mol. The first-order chi connectivity index (χ1) is 10.9. The van der Waals surface area contributed by atoms with Crippen LogP contribution < -0.4 is 4.74 Å². The summed E-state index contributed by atoms with van der Waals surface area (Å²) in [6, 6.07) is 7.21. The van der Waals surface area contributed by atoms with Crippen LogP contribution in [0.4, 0.5) is 0 Å². The number of carbonyl (C=O) groups is 2. The number of phenolic OH excluding ortho intramolecular Hbond substituents is 1. The molecule has 0 spiro atoms. The third-order valence-corrected chi connectivity index (χ3v) is 4.40. The maximum absolute atomic E-state index is 12.6. The highest BCUT2D eigenvalue weighted by atomic mass is 35.5. The van der Waals surface area contributed by atoms with Crippen molar-refractivity contribution in [1.29, 1.82) is 0 Å². The molecule has 0 aliphatic carbocycles. The van der Waals surface area contributed by atoms with Gasteiger partial charge in [0.15, 0.2) is 11.9 Å². The van der Waals surface area contributed by atoms with E-state index in [9.17, 15) is 14.7 Å². The number of hydrogen-bond donors (Lipinski definition) is 2. The third kappa shape index (κ3) is 2.73. The SMILES string of the molecule is O=C(c1ccc(O)cc1)c1cc2c(c(Cl)c1Cl)OC(C(=O)O)C2. The molecule has 1 atom stereocenters. The van der Waals surface area contributed by atoms with Gasteiger partial charge in [0.05, 0.1) is 5.02 Å². The van der Waals surface area contributed by atoms with E-state index < -0.39 is 12.1 Å². The van der Waals surface area contributed by atoms with Crippen LogP contribution in [0.5, 0.6) is 11.5 Å². The number of benzene rings is 2. The molecular weight excluding hydrogens is 343 g/mol. The van der Waals surface area contributed by atoms with Crippen molar-refractivity contribution in [2.45, 2.75) is 12.5 Å². The van der Waals surface area contributed by atoms with Gasteiger partial charge in [-0.1, -0.05) is 23.2 Å². The van der Waals surface area contributed by atoms with Crippen molar-refractivity contribution in [2.75, 3.05) is 0 Å². The summed E-state index contributed by atoms with van der Waals surface area (Å²) in [6.45, 7) is 0. The summed E-state index contributed by atoms with van der Waals surface area (Å²) >= 11 is 12.3. The zero-order valence-electron chi connectivity index (χ0n) is 11.5. The lowest BCUT2D eigenvalue weighted by atomic mass is 9.99. The van der Waals surface area contributed by atoms with Gasteiger partial charge in [-0.3, -0.25) is 4.79 Å². The zero-order valence-corrected chi connectivity index (χ0v) is 13.1. The number of carboxylic acids is 1. The van der Waals surface area contributed by atoms with Crippen LogP contribution in [0.15, 0.2) is 30.3 Å². The van der Waals surface area contributed by atoms with E-state index in [0.717, 1.165) is 0 Å². The van der Waals surface area contributed by atoms with E-state index in [1.807, 2.05) is 0 Å². The highest BCUT2D eigenvalue weighted by Gasteiger charge is 2.33. The summed E-state index contributed by atoms with van der Waals surface area (Å²) in [5.74, 6) is -1.25. The van der Waals surface area contributed by atoms with Crippen LogP contribution in [0.25, 0.3) is 0 Å². The molecule has 0 saturated carbocycles. The zero-order chi connectivity index (χ0) is 16.7. The van der Waals surface area contributed by atoms with Crippen LogP contribution >= 0.6 is 23.2 Å². The minimum atomic E-state index is -1.11. The van der Waals surface area contributed by atoms with E-state index in [0.29, 0.717) is 11.1 Å². The smallest absolute Gasteiger partial charge is 0.345 e. The lowest BCUT2D eigenvalue weighted by Crippen LogP contribution is -2.24. The Bertz CT molecular complexity index is 814. The second-order valence-electron chi connectivity index (χ2n) is 5.07. The van der Waals surface area contributed by atoms with Gasteiger partial charge in [0.1, 0.15) is 16.5 Å². The van der Waals surface area contributed by atoms with Gasteiger partial charge in [-0.25, -0.2) is 4.79 Å². The predicted octanol–water partition coefficient (Wildman–Crippen LogP) is 3.32. The molecule has 0 fully saturated rings. The Kier molecular flexibility index (Phi) is 3.92. The van der Waals surface area contributed by atoms with Gasteiger partial charge < -0.3 is 14.9 Å². The molecule has 3 rings (SSSR count). The van der Waals surface area contributed by atoms with Crippen molar-refractivity contribution < 1.29 is 24.5 Å². The Hall–Kier alpha value is -2.24. The number of carboxylic acid groups (broad SMARTS) is 1. The minimum absolute atomic E-state index is 0.00882. The van der Waals surface area contributed by atoms with Crippen molar-refractivity contribution in [3.05, 3.63) is 57.1 Å². The standard InChI is InChI=1S/C16H10Cl2O5/c17-12-10(14(20)7-1-3-9(19)4-2-7)5-8-6-11(16(21)22)23-15(8)13(12)18/h1-5,11,19H,6H2,(H,21,22). The maximum Gasteiger partial charge on any atom is 0.345 e. The Morgan fingerprint density at radius 1 is 1.13 bits per heavy atom. The van der Waals surface area contributed by atoms with E-state index in [1.54, 1.807) is 0 Å². The molecular formula is C16H10Cl2O5. The van der Waals surface area contributed by atoms with Gasteiger partial charge in [-0.05, 0) is 30.3 Å². The number of fused-ring (bicyclic) bond motifs is 1. The summed E-state index contributed by atoms with van der Waals surface area (Å²) < 4.78 is 5.28. The van der Waals surface area contributed by atoms with Gasteiger partial charge in [-0.15, -0.1) is 0 Å². The van der Waals surface area contributed by atoms with E-state index in [2.05, 4.69) is 0 Å². The molecule has 0 bridgehead atoms. The monoisotopic (exact) mass is 352 g/mol. The van der Waals surface area contributed by atoms with Crippen LogP contribution in [-0.4, -0.2) is 28.1 Å². The van der Waals surface area contributed by atoms with Crippen LogP contribution in [0.1, 0.15) is 21.5 Å². The lowest BCUT2D eigenvalue weighted by Gasteiger charge is -2.10. The maximum atomic E-state index is 12.6. The molecule has 1 heterocycles. The number of aromatic hydroxyl groups is 1. The summed E-state index contributed by atoms with van der Waals surface area (Å²) in [7, 11) is 0. The largest absolute Gasteiger partial charge is 0.508 e. The molecule has 1 aliphatic heterocycles. The first-order valence-corrected chi connectivity index (χ1v) is 7.38. The van der Waals surface area contributed by atoms with E-state index in [1.165, 1.54) is 30.3 Å². The molecule has 0 saturated heterocycles. The minimum Gasteiger partial charge on any atom is -0.508 e. The first kappa shape index (κ1) is 15.6. The van der Waals surface area contributed by atoms with Gasteiger partial charge in [0, 0.05) is 23.1 Å². The highest BCUT2D eigenvalue weighted by Crippen LogP contribution is 2.43. The molecule has 7 heteroatoms. The van der Waals surface area contributed by atoms with Crippen molar-refractivity contribution >= 4 is 35.0 Å². The lowest BCUT2D eigenvalue weighted by molar-refractivity contribution is -0.144. The van der Waals surface area contributed by atoms with E-state index in [4.69, 9.17) is 33.0 Å². The third-order valence-electron chi connectivity index (χ3n) is 3.55. The number of phenols is 1. The number of aliphatic carboxylic acids is 1. The quantitative estimate of drug-likeness (QED) is 0.827. The number of rotatable bonds is 3. The van der Waals surface area contributed by atoms with Crippen LogP contribution in [0.3, 0.4) is 0 Å². The van der Waals surface area contributed by atoms with Crippen LogP contribution in [-0.2, 0) is 11.2 Å². The van der Waals surface area contributed by atoms with Crippen molar-refractivity contribution in [2.24, 2.45) is 0 Å². The molecule has 1 aliphatic rings. The van der Waals surface area contributed by atoms with E-state index in [-0.39, 0.29) is 39.3 Å². The van der Waals surface area contributed by atoms with Gasteiger partial charge in [-0.2, -0.15) is 0 Å². The van der Waals surface area contributed by atoms with Gasteiger partial charge in [0.2, 0.25) is 0 Å². The molecule has 1 unspecified atom stereocenters. The molecule has 0 aromatic heterocycles. The van der Waals surface area contributed by atoms with Crippen molar-refractivity contribution in [3.8, 4) is 11.5 Å². The summed E-state index contributed by atoms with van der Waals surface area (Å²) in [4.78, 5) is 23.6.